The topological polar surface area (TPSA) is 74.7 Å². The van der Waals surface area contributed by atoms with Gasteiger partial charge in [-0.2, -0.15) is 4.31 Å². The maximum atomic E-state index is 12.6. The summed E-state index contributed by atoms with van der Waals surface area (Å²) < 4.78 is 26.3. The first-order valence-electron chi connectivity index (χ1n) is 6.16. The van der Waals surface area contributed by atoms with Crippen LogP contribution in [0, 0.1) is 13.8 Å². The highest BCUT2D eigenvalue weighted by Gasteiger charge is 2.39. The lowest BCUT2D eigenvalue weighted by atomic mass is 10.2. The van der Waals surface area contributed by atoms with Crippen LogP contribution in [0.3, 0.4) is 0 Å². The van der Waals surface area contributed by atoms with Gasteiger partial charge in [-0.1, -0.05) is 12.1 Å². The zero-order valence-electron chi connectivity index (χ0n) is 11.0. The number of sulfonamides is 1. The van der Waals surface area contributed by atoms with Gasteiger partial charge >= 0.3 is 5.97 Å². The summed E-state index contributed by atoms with van der Waals surface area (Å²) in [7, 11) is -3.73. The molecule has 1 aromatic carbocycles. The van der Waals surface area contributed by atoms with Gasteiger partial charge in [-0.15, -0.1) is 0 Å². The summed E-state index contributed by atoms with van der Waals surface area (Å²) in [6, 6.07) is 4.24. The van der Waals surface area contributed by atoms with Crippen LogP contribution in [0.25, 0.3) is 0 Å². The maximum absolute atomic E-state index is 12.6. The van der Waals surface area contributed by atoms with Gasteiger partial charge in [0.05, 0.1) is 4.90 Å². The van der Waals surface area contributed by atoms with Crippen LogP contribution in [-0.2, 0) is 14.8 Å². The molecule has 1 fully saturated rings. The fourth-order valence-corrected chi connectivity index (χ4v) is 4.35. The van der Waals surface area contributed by atoms with Gasteiger partial charge in [0.2, 0.25) is 10.0 Å². The zero-order chi connectivity index (χ0) is 14.2. The molecule has 0 saturated carbocycles. The van der Waals surface area contributed by atoms with Crippen molar-refractivity contribution in [1.29, 1.82) is 0 Å². The molecule has 1 heterocycles. The third kappa shape index (κ3) is 2.50. The number of benzene rings is 1. The summed E-state index contributed by atoms with van der Waals surface area (Å²) in [6.45, 7) is 3.81. The van der Waals surface area contributed by atoms with E-state index >= 15 is 0 Å². The number of nitrogens with zero attached hydrogens (tertiary/aromatic N) is 1. The van der Waals surface area contributed by atoms with Crippen molar-refractivity contribution in [2.24, 2.45) is 0 Å². The second-order valence-electron chi connectivity index (χ2n) is 4.88. The number of carboxylic acid groups (broad SMARTS) is 1. The number of aliphatic carboxylic acids is 1. The first kappa shape index (κ1) is 14.0. The van der Waals surface area contributed by atoms with Crippen LogP contribution >= 0.6 is 0 Å². The quantitative estimate of drug-likeness (QED) is 0.913. The Morgan fingerprint density at radius 2 is 2.05 bits per heavy atom. The van der Waals surface area contributed by atoms with Gasteiger partial charge in [0, 0.05) is 6.54 Å². The predicted molar refractivity (Wildman–Crippen MR) is 70.5 cm³/mol. The first-order valence-corrected chi connectivity index (χ1v) is 7.60. The van der Waals surface area contributed by atoms with E-state index in [0.29, 0.717) is 18.4 Å². The highest BCUT2D eigenvalue weighted by molar-refractivity contribution is 7.89. The summed E-state index contributed by atoms with van der Waals surface area (Å²) >= 11 is 0. The molecule has 1 aliphatic heterocycles. The summed E-state index contributed by atoms with van der Waals surface area (Å²) in [5.74, 6) is -1.08. The molecule has 2 rings (SSSR count). The Labute approximate surface area is 112 Å². The SMILES string of the molecule is Cc1ccc(C)c(S(=O)(=O)N2CCC[C@H]2C(=O)O)c1. The third-order valence-corrected chi connectivity index (χ3v) is 5.47. The molecule has 5 nitrogen and oxygen atoms in total. The van der Waals surface area contributed by atoms with Crippen molar-refractivity contribution in [3.63, 3.8) is 0 Å². The van der Waals surface area contributed by atoms with E-state index in [1.165, 1.54) is 0 Å². The van der Waals surface area contributed by atoms with E-state index in [0.717, 1.165) is 9.87 Å². The average Bonchev–Trinajstić information content (AvgIpc) is 2.82. The molecule has 1 atom stereocenters. The minimum Gasteiger partial charge on any atom is -0.480 e. The summed E-state index contributed by atoms with van der Waals surface area (Å²) in [6.07, 6.45) is 0.959. The Hall–Kier alpha value is -1.40. The van der Waals surface area contributed by atoms with Crippen LogP contribution in [-0.4, -0.2) is 36.4 Å². The highest BCUT2D eigenvalue weighted by Crippen LogP contribution is 2.28. The summed E-state index contributed by atoms with van der Waals surface area (Å²) in [5, 5.41) is 9.11. The highest BCUT2D eigenvalue weighted by atomic mass is 32.2. The Morgan fingerprint density at radius 1 is 1.37 bits per heavy atom. The molecule has 0 unspecified atom stereocenters. The van der Waals surface area contributed by atoms with E-state index in [-0.39, 0.29) is 11.4 Å². The van der Waals surface area contributed by atoms with Gasteiger partial charge in [0.25, 0.3) is 0 Å². The minimum absolute atomic E-state index is 0.209. The van der Waals surface area contributed by atoms with E-state index in [1.807, 2.05) is 13.0 Å². The second-order valence-corrected chi connectivity index (χ2v) is 6.74. The van der Waals surface area contributed by atoms with Crippen LogP contribution in [0.1, 0.15) is 24.0 Å². The Kier molecular flexibility index (Phi) is 3.64. The van der Waals surface area contributed by atoms with Gasteiger partial charge in [0.15, 0.2) is 0 Å². The van der Waals surface area contributed by atoms with Gasteiger partial charge in [-0.05, 0) is 43.9 Å². The van der Waals surface area contributed by atoms with Gasteiger partial charge in [-0.25, -0.2) is 8.42 Å². The lowest BCUT2D eigenvalue weighted by molar-refractivity contribution is -0.140. The van der Waals surface area contributed by atoms with Gasteiger partial charge < -0.3 is 5.11 Å². The smallest absolute Gasteiger partial charge is 0.322 e. The van der Waals surface area contributed by atoms with Gasteiger partial charge in [-0.3, -0.25) is 4.79 Å². The number of carboxylic acids is 1. The minimum atomic E-state index is -3.73. The maximum Gasteiger partial charge on any atom is 0.322 e. The van der Waals surface area contributed by atoms with E-state index in [2.05, 4.69) is 0 Å². The molecule has 0 aromatic heterocycles. The second kappa shape index (κ2) is 4.94. The number of rotatable bonds is 3. The van der Waals surface area contributed by atoms with Crippen LogP contribution in [0.15, 0.2) is 23.1 Å². The molecule has 6 heteroatoms. The van der Waals surface area contributed by atoms with Crippen molar-refractivity contribution in [1.82, 2.24) is 4.31 Å². The Morgan fingerprint density at radius 3 is 2.68 bits per heavy atom. The summed E-state index contributed by atoms with van der Waals surface area (Å²) in [5.41, 5.74) is 1.48. The lowest BCUT2D eigenvalue weighted by Crippen LogP contribution is -2.40. The van der Waals surface area contributed by atoms with Crippen LogP contribution in [0.2, 0.25) is 0 Å². The normalized spacial score (nSPS) is 20.6. The monoisotopic (exact) mass is 283 g/mol. The van der Waals surface area contributed by atoms with Crippen molar-refractivity contribution in [2.45, 2.75) is 37.6 Å². The molecule has 1 N–H and O–H groups in total. The summed E-state index contributed by atoms with van der Waals surface area (Å²) in [4.78, 5) is 11.3. The molecule has 1 aromatic rings. The molecule has 0 radical (unpaired) electrons. The van der Waals surface area contributed by atoms with E-state index in [9.17, 15) is 13.2 Å². The van der Waals surface area contributed by atoms with Crippen molar-refractivity contribution in [3.05, 3.63) is 29.3 Å². The molecular formula is C13H17NO4S. The number of aryl methyl sites for hydroxylation is 2. The molecular weight excluding hydrogens is 266 g/mol. The van der Waals surface area contributed by atoms with Crippen LogP contribution in [0.5, 0.6) is 0 Å². The number of carbonyl (C=O) groups is 1. The fourth-order valence-electron chi connectivity index (χ4n) is 2.39. The lowest BCUT2D eigenvalue weighted by Gasteiger charge is -2.22. The van der Waals surface area contributed by atoms with Crippen LogP contribution in [0.4, 0.5) is 0 Å². The van der Waals surface area contributed by atoms with E-state index in [1.54, 1.807) is 19.1 Å². The standard InChI is InChI=1S/C13H17NO4S/c1-9-5-6-10(2)12(8-9)19(17,18)14-7-3-4-11(14)13(15)16/h5-6,8,11H,3-4,7H2,1-2H3,(H,15,16)/t11-/m0/s1. The number of hydrogen-bond donors (Lipinski definition) is 1. The van der Waals surface area contributed by atoms with E-state index < -0.39 is 22.0 Å². The predicted octanol–water partition coefficient (Wildman–Crippen LogP) is 1.54. The molecule has 1 aliphatic rings. The van der Waals surface area contributed by atoms with Crippen molar-refractivity contribution < 1.29 is 18.3 Å². The Balaban J connectivity index is 2.48. The molecule has 19 heavy (non-hydrogen) atoms. The van der Waals surface area contributed by atoms with Crippen LogP contribution < -0.4 is 0 Å². The molecule has 0 amide bonds. The first-order chi connectivity index (χ1) is 8.84. The Bertz CT molecular complexity index is 609. The molecule has 104 valence electrons. The molecule has 1 saturated heterocycles. The largest absolute Gasteiger partial charge is 0.480 e. The van der Waals surface area contributed by atoms with E-state index in [4.69, 9.17) is 5.11 Å². The third-order valence-electron chi connectivity index (χ3n) is 3.42. The average molecular weight is 283 g/mol. The fraction of sp³-hybridized carbons (Fsp3) is 0.462. The molecule has 0 spiro atoms. The number of hydrogen-bond acceptors (Lipinski definition) is 3. The van der Waals surface area contributed by atoms with Gasteiger partial charge in [0.1, 0.15) is 6.04 Å². The van der Waals surface area contributed by atoms with Crippen molar-refractivity contribution in [3.8, 4) is 0 Å². The molecule has 0 bridgehead atoms. The molecule has 0 aliphatic carbocycles. The van der Waals surface area contributed by atoms with Crippen molar-refractivity contribution >= 4 is 16.0 Å². The zero-order valence-corrected chi connectivity index (χ0v) is 11.8. The van der Waals surface area contributed by atoms with Crippen molar-refractivity contribution in [2.75, 3.05) is 6.54 Å².